The monoisotopic (exact) mass is 330 g/mol. The standard InChI is InChI=1S/C18H26N4O2/c1-13(15-5-3-2-4-6-15)21-18(20-12-17(23)24)22-16-9-7-14(11-19)8-10-16/h2-10,13,17-18,20-24H,11-12,19H2,1H3/t13-,18-/m1/s1. The Labute approximate surface area is 142 Å². The van der Waals surface area contributed by atoms with E-state index in [0.717, 1.165) is 16.8 Å². The van der Waals surface area contributed by atoms with E-state index in [1.807, 2.05) is 54.6 Å². The minimum atomic E-state index is -1.41. The van der Waals surface area contributed by atoms with Gasteiger partial charge in [-0.25, -0.2) is 0 Å². The predicted molar refractivity (Wildman–Crippen MR) is 96.0 cm³/mol. The van der Waals surface area contributed by atoms with Gasteiger partial charge < -0.3 is 21.3 Å². The van der Waals surface area contributed by atoms with Crippen LogP contribution in [0.25, 0.3) is 0 Å². The number of aliphatic hydroxyl groups is 2. The van der Waals surface area contributed by atoms with Gasteiger partial charge in [0.1, 0.15) is 6.29 Å². The van der Waals surface area contributed by atoms with E-state index in [1.54, 1.807) is 0 Å². The summed E-state index contributed by atoms with van der Waals surface area (Å²) in [5, 5.41) is 28.0. The van der Waals surface area contributed by atoms with E-state index in [-0.39, 0.29) is 18.9 Å². The molecule has 0 aliphatic carbocycles. The first-order valence-electron chi connectivity index (χ1n) is 8.04. The van der Waals surface area contributed by atoms with Crippen LogP contribution in [0, 0.1) is 0 Å². The molecule has 0 saturated carbocycles. The number of nitrogens with two attached hydrogens (primary N) is 1. The molecule has 2 aromatic rings. The number of hydrogen-bond acceptors (Lipinski definition) is 6. The first-order valence-corrected chi connectivity index (χ1v) is 8.04. The zero-order valence-corrected chi connectivity index (χ0v) is 13.8. The molecule has 0 radical (unpaired) electrons. The third-order valence-electron chi connectivity index (χ3n) is 3.72. The van der Waals surface area contributed by atoms with Crippen molar-refractivity contribution in [3.05, 3.63) is 65.7 Å². The maximum absolute atomic E-state index is 9.11. The molecule has 0 fully saturated rings. The first-order chi connectivity index (χ1) is 11.6. The number of aliphatic hydroxyl groups excluding tert-OH is 1. The summed E-state index contributed by atoms with van der Waals surface area (Å²) >= 11 is 0. The molecule has 130 valence electrons. The van der Waals surface area contributed by atoms with Gasteiger partial charge in [-0.2, -0.15) is 0 Å². The van der Waals surface area contributed by atoms with Crippen molar-refractivity contribution in [2.24, 2.45) is 5.73 Å². The summed E-state index contributed by atoms with van der Waals surface area (Å²) in [5.74, 6) is 0. The van der Waals surface area contributed by atoms with Crippen LogP contribution in [0.15, 0.2) is 54.6 Å². The summed E-state index contributed by atoms with van der Waals surface area (Å²) in [6, 6.07) is 17.9. The van der Waals surface area contributed by atoms with Gasteiger partial charge in [-0.3, -0.25) is 10.6 Å². The average molecular weight is 330 g/mol. The van der Waals surface area contributed by atoms with Crippen LogP contribution in [-0.4, -0.2) is 29.3 Å². The molecular formula is C18H26N4O2. The third kappa shape index (κ3) is 5.92. The van der Waals surface area contributed by atoms with Crippen molar-refractivity contribution in [2.45, 2.75) is 32.1 Å². The number of rotatable bonds is 9. The molecule has 0 unspecified atom stereocenters. The van der Waals surface area contributed by atoms with Crippen LogP contribution in [0.3, 0.4) is 0 Å². The SMILES string of the molecule is C[C@@H](N[C@@H](NCC(O)O)Nc1ccc(CN)cc1)c1ccccc1. The molecule has 2 rings (SSSR count). The van der Waals surface area contributed by atoms with Gasteiger partial charge in [0.15, 0.2) is 6.29 Å². The van der Waals surface area contributed by atoms with E-state index in [1.165, 1.54) is 0 Å². The number of benzene rings is 2. The van der Waals surface area contributed by atoms with Crippen molar-refractivity contribution < 1.29 is 10.2 Å². The molecule has 0 bridgehead atoms. The molecule has 0 heterocycles. The maximum Gasteiger partial charge on any atom is 0.164 e. The fourth-order valence-corrected chi connectivity index (χ4v) is 2.37. The van der Waals surface area contributed by atoms with Crippen molar-refractivity contribution in [3.63, 3.8) is 0 Å². The van der Waals surface area contributed by atoms with Crippen LogP contribution < -0.4 is 21.7 Å². The van der Waals surface area contributed by atoms with Crippen LogP contribution in [0.1, 0.15) is 24.1 Å². The van der Waals surface area contributed by atoms with Crippen LogP contribution >= 0.6 is 0 Å². The van der Waals surface area contributed by atoms with Gasteiger partial charge in [-0.15, -0.1) is 0 Å². The Bertz CT molecular complexity index is 590. The van der Waals surface area contributed by atoms with Crippen LogP contribution in [0.4, 0.5) is 5.69 Å². The fraction of sp³-hybridized carbons (Fsp3) is 0.333. The molecule has 6 heteroatoms. The van der Waals surface area contributed by atoms with Gasteiger partial charge in [0.2, 0.25) is 0 Å². The van der Waals surface area contributed by atoms with Gasteiger partial charge in [-0.1, -0.05) is 42.5 Å². The van der Waals surface area contributed by atoms with Crippen molar-refractivity contribution in [1.82, 2.24) is 10.6 Å². The van der Waals surface area contributed by atoms with E-state index < -0.39 is 6.29 Å². The molecule has 24 heavy (non-hydrogen) atoms. The van der Waals surface area contributed by atoms with Gasteiger partial charge >= 0.3 is 0 Å². The van der Waals surface area contributed by atoms with Crippen LogP contribution in [0.2, 0.25) is 0 Å². The molecule has 7 N–H and O–H groups in total. The van der Waals surface area contributed by atoms with Gasteiger partial charge in [0.25, 0.3) is 0 Å². The topological polar surface area (TPSA) is 103 Å². The Balaban J connectivity index is 2.02. The van der Waals surface area contributed by atoms with Crippen molar-refractivity contribution in [3.8, 4) is 0 Å². The highest BCUT2D eigenvalue weighted by Gasteiger charge is 2.14. The van der Waals surface area contributed by atoms with Gasteiger partial charge in [-0.05, 0) is 30.2 Å². The van der Waals surface area contributed by atoms with Crippen LogP contribution in [0.5, 0.6) is 0 Å². The van der Waals surface area contributed by atoms with E-state index >= 15 is 0 Å². The Hall–Kier alpha value is -1.96. The minimum Gasteiger partial charge on any atom is -0.367 e. The molecule has 0 aliphatic rings. The normalized spacial score (nSPS) is 13.7. The molecular weight excluding hydrogens is 304 g/mol. The average Bonchev–Trinajstić information content (AvgIpc) is 2.61. The fourth-order valence-electron chi connectivity index (χ4n) is 2.37. The molecule has 6 nitrogen and oxygen atoms in total. The van der Waals surface area contributed by atoms with E-state index in [2.05, 4.69) is 22.9 Å². The van der Waals surface area contributed by atoms with Crippen molar-refractivity contribution >= 4 is 5.69 Å². The summed E-state index contributed by atoms with van der Waals surface area (Å²) in [4.78, 5) is 0. The second-order valence-electron chi connectivity index (χ2n) is 5.67. The third-order valence-corrected chi connectivity index (χ3v) is 3.72. The Morgan fingerprint density at radius 1 is 1.00 bits per heavy atom. The highest BCUT2D eigenvalue weighted by Crippen LogP contribution is 2.14. The lowest BCUT2D eigenvalue weighted by molar-refractivity contribution is -0.0391. The quantitative estimate of drug-likeness (QED) is 0.385. The number of nitrogens with one attached hydrogen (secondary N) is 3. The summed E-state index contributed by atoms with van der Waals surface area (Å²) in [6.45, 7) is 2.60. The largest absolute Gasteiger partial charge is 0.367 e. The van der Waals surface area contributed by atoms with Gasteiger partial charge in [0.05, 0.1) is 0 Å². The second-order valence-corrected chi connectivity index (χ2v) is 5.67. The van der Waals surface area contributed by atoms with Crippen molar-refractivity contribution in [2.75, 3.05) is 11.9 Å². The molecule has 0 aliphatic heterocycles. The lowest BCUT2D eigenvalue weighted by atomic mass is 10.1. The zero-order valence-electron chi connectivity index (χ0n) is 13.8. The maximum atomic E-state index is 9.11. The summed E-state index contributed by atoms with van der Waals surface area (Å²) < 4.78 is 0. The number of anilines is 1. The second kappa shape index (κ2) is 9.36. The highest BCUT2D eigenvalue weighted by atomic mass is 16.5. The first kappa shape index (κ1) is 18.4. The molecule has 0 amide bonds. The molecule has 2 aromatic carbocycles. The van der Waals surface area contributed by atoms with Gasteiger partial charge in [0, 0.05) is 24.8 Å². The van der Waals surface area contributed by atoms with E-state index in [9.17, 15) is 0 Å². The zero-order chi connectivity index (χ0) is 17.4. The molecule has 0 spiro atoms. The van der Waals surface area contributed by atoms with Crippen LogP contribution in [-0.2, 0) is 6.54 Å². The van der Waals surface area contributed by atoms with E-state index in [4.69, 9.17) is 15.9 Å². The Morgan fingerprint density at radius 2 is 1.67 bits per heavy atom. The molecule has 0 saturated heterocycles. The molecule has 0 aromatic heterocycles. The summed E-state index contributed by atoms with van der Waals surface area (Å²) in [6.07, 6.45) is -1.74. The predicted octanol–water partition coefficient (Wildman–Crippen LogP) is 1.09. The molecule has 2 atom stereocenters. The highest BCUT2D eigenvalue weighted by molar-refractivity contribution is 5.45. The lowest BCUT2D eigenvalue weighted by Crippen LogP contribution is -2.51. The minimum absolute atomic E-state index is 0.0487. The number of hydrogen-bond donors (Lipinski definition) is 6. The Kier molecular flexibility index (Phi) is 7.17. The Morgan fingerprint density at radius 3 is 2.25 bits per heavy atom. The van der Waals surface area contributed by atoms with E-state index in [0.29, 0.717) is 6.54 Å². The smallest absolute Gasteiger partial charge is 0.164 e. The summed E-state index contributed by atoms with van der Waals surface area (Å²) in [7, 11) is 0. The lowest BCUT2D eigenvalue weighted by Gasteiger charge is -2.27. The van der Waals surface area contributed by atoms with Crippen molar-refractivity contribution in [1.29, 1.82) is 0 Å². The summed E-state index contributed by atoms with van der Waals surface area (Å²) in [5.41, 5.74) is 8.72.